The number of pyridine rings is 1. The van der Waals surface area contributed by atoms with Crippen LogP contribution in [0.2, 0.25) is 0 Å². The van der Waals surface area contributed by atoms with Crippen LogP contribution in [0.5, 0.6) is 0 Å². The minimum Gasteiger partial charge on any atom is -0.246 e. The molecule has 0 aliphatic heterocycles. The fourth-order valence-corrected chi connectivity index (χ4v) is 10.2. The molecule has 0 radical (unpaired) electrons. The van der Waals surface area contributed by atoms with Crippen LogP contribution in [0.3, 0.4) is 0 Å². The SMILES string of the molecule is c1ccc(-c2cc(-c3cccc(-c4nc5cccc(-c6cccc7sc8ccccc8c67)c5c5c4sc4ccccc45)c3)nc(-c3ccccc3)n2)cc1. The van der Waals surface area contributed by atoms with Crippen LogP contribution in [0, 0.1) is 0 Å². The molecule has 4 aromatic heterocycles. The number of rotatable bonds is 5. The van der Waals surface area contributed by atoms with E-state index >= 15 is 0 Å². The van der Waals surface area contributed by atoms with Crippen molar-refractivity contribution in [3.05, 3.63) is 176 Å². The van der Waals surface area contributed by atoms with Crippen LogP contribution in [0.1, 0.15) is 0 Å². The zero-order chi connectivity index (χ0) is 35.6. The average Bonchev–Trinajstić information content (AvgIpc) is 3.83. The van der Waals surface area contributed by atoms with Gasteiger partial charge in [-0.1, -0.05) is 140 Å². The van der Waals surface area contributed by atoms with Crippen molar-refractivity contribution in [3.63, 3.8) is 0 Å². The van der Waals surface area contributed by atoms with Gasteiger partial charge in [-0.3, -0.25) is 0 Å². The molecule has 5 heteroatoms. The highest BCUT2D eigenvalue weighted by molar-refractivity contribution is 7.26. The van der Waals surface area contributed by atoms with E-state index in [1.807, 2.05) is 46.9 Å². The van der Waals surface area contributed by atoms with E-state index in [9.17, 15) is 0 Å². The number of nitrogens with zero attached hydrogens (tertiary/aromatic N) is 3. The van der Waals surface area contributed by atoms with Crippen molar-refractivity contribution in [1.29, 1.82) is 0 Å². The first-order valence-corrected chi connectivity index (χ1v) is 19.7. The number of hydrogen-bond donors (Lipinski definition) is 0. The largest absolute Gasteiger partial charge is 0.246 e. The lowest BCUT2D eigenvalue weighted by molar-refractivity contribution is 1.18. The van der Waals surface area contributed by atoms with Crippen LogP contribution in [-0.2, 0) is 0 Å². The zero-order valence-corrected chi connectivity index (χ0v) is 30.5. The van der Waals surface area contributed by atoms with Gasteiger partial charge in [-0.15, -0.1) is 22.7 Å². The summed E-state index contributed by atoms with van der Waals surface area (Å²) in [6, 6.07) is 62.2. The summed E-state index contributed by atoms with van der Waals surface area (Å²) >= 11 is 3.68. The van der Waals surface area contributed by atoms with E-state index in [2.05, 4.69) is 152 Å². The first kappa shape index (κ1) is 31.0. The van der Waals surface area contributed by atoms with Gasteiger partial charge in [0.05, 0.1) is 27.3 Å². The third-order valence-electron chi connectivity index (χ3n) is 10.3. The summed E-state index contributed by atoms with van der Waals surface area (Å²) in [6.07, 6.45) is 0. The molecule has 7 aromatic carbocycles. The molecular weight excluding hydrogens is 695 g/mol. The molecule has 0 saturated heterocycles. The van der Waals surface area contributed by atoms with Crippen LogP contribution in [-0.4, -0.2) is 15.0 Å². The van der Waals surface area contributed by atoms with Gasteiger partial charge < -0.3 is 0 Å². The van der Waals surface area contributed by atoms with E-state index in [1.54, 1.807) is 0 Å². The molecule has 0 N–H and O–H groups in total. The van der Waals surface area contributed by atoms with Gasteiger partial charge in [0.2, 0.25) is 0 Å². The Morgan fingerprint density at radius 2 is 0.907 bits per heavy atom. The highest BCUT2D eigenvalue weighted by Crippen LogP contribution is 2.48. The molecule has 0 bridgehead atoms. The Labute approximate surface area is 319 Å². The van der Waals surface area contributed by atoms with E-state index in [-0.39, 0.29) is 0 Å². The summed E-state index contributed by atoms with van der Waals surface area (Å²) in [6.45, 7) is 0. The first-order valence-electron chi connectivity index (χ1n) is 18.0. The van der Waals surface area contributed by atoms with Crippen molar-refractivity contribution >= 4 is 73.9 Å². The molecule has 0 saturated carbocycles. The van der Waals surface area contributed by atoms with Crippen molar-refractivity contribution in [2.24, 2.45) is 0 Å². The summed E-state index contributed by atoms with van der Waals surface area (Å²) in [5.41, 5.74) is 10.3. The molecule has 54 heavy (non-hydrogen) atoms. The van der Waals surface area contributed by atoms with Gasteiger partial charge in [-0.2, -0.15) is 0 Å². The fourth-order valence-electron chi connectivity index (χ4n) is 7.84. The fraction of sp³-hybridized carbons (Fsp3) is 0. The monoisotopic (exact) mass is 723 g/mol. The minimum atomic E-state index is 0.703. The molecule has 0 amide bonds. The van der Waals surface area contributed by atoms with Crippen LogP contribution < -0.4 is 0 Å². The maximum Gasteiger partial charge on any atom is 0.160 e. The van der Waals surface area contributed by atoms with Crippen molar-refractivity contribution in [1.82, 2.24) is 15.0 Å². The summed E-state index contributed by atoms with van der Waals surface area (Å²) in [5, 5.41) is 6.32. The van der Waals surface area contributed by atoms with Crippen LogP contribution in [0.4, 0.5) is 0 Å². The van der Waals surface area contributed by atoms with Crippen molar-refractivity contribution in [2.75, 3.05) is 0 Å². The number of aromatic nitrogens is 3. The second-order valence-corrected chi connectivity index (χ2v) is 15.7. The molecule has 4 heterocycles. The normalized spacial score (nSPS) is 11.7. The smallest absolute Gasteiger partial charge is 0.160 e. The summed E-state index contributed by atoms with van der Waals surface area (Å²) in [4.78, 5) is 15.7. The van der Waals surface area contributed by atoms with E-state index in [0.717, 1.165) is 44.9 Å². The molecule has 3 nitrogen and oxygen atoms in total. The number of hydrogen-bond acceptors (Lipinski definition) is 5. The third-order valence-corrected chi connectivity index (χ3v) is 12.6. The van der Waals surface area contributed by atoms with E-state index in [1.165, 1.54) is 56.9 Å². The Kier molecular flexibility index (Phi) is 7.22. The molecule has 0 fully saturated rings. The number of benzene rings is 7. The van der Waals surface area contributed by atoms with Gasteiger partial charge in [-0.05, 0) is 47.5 Å². The maximum atomic E-state index is 5.53. The molecular formula is C49H29N3S2. The quantitative estimate of drug-likeness (QED) is 0.177. The molecule has 252 valence electrons. The van der Waals surface area contributed by atoms with Crippen molar-refractivity contribution < 1.29 is 0 Å². The lowest BCUT2D eigenvalue weighted by Gasteiger charge is -2.14. The lowest BCUT2D eigenvalue weighted by atomic mass is 9.93. The van der Waals surface area contributed by atoms with Gasteiger partial charge in [0.15, 0.2) is 5.82 Å². The summed E-state index contributed by atoms with van der Waals surface area (Å²) in [7, 11) is 0. The minimum absolute atomic E-state index is 0.703. The van der Waals surface area contributed by atoms with Gasteiger partial charge in [0, 0.05) is 63.3 Å². The first-order chi connectivity index (χ1) is 26.8. The Morgan fingerprint density at radius 3 is 1.69 bits per heavy atom. The number of fused-ring (bicyclic) bond motifs is 8. The van der Waals surface area contributed by atoms with Crippen LogP contribution >= 0.6 is 22.7 Å². The average molecular weight is 724 g/mol. The van der Waals surface area contributed by atoms with Gasteiger partial charge >= 0.3 is 0 Å². The summed E-state index contributed by atoms with van der Waals surface area (Å²) < 4.78 is 5.05. The van der Waals surface area contributed by atoms with Gasteiger partial charge in [-0.25, -0.2) is 15.0 Å². The zero-order valence-electron chi connectivity index (χ0n) is 28.9. The molecule has 11 aromatic rings. The van der Waals surface area contributed by atoms with Crippen molar-refractivity contribution in [2.45, 2.75) is 0 Å². The Morgan fingerprint density at radius 1 is 0.352 bits per heavy atom. The van der Waals surface area contributed by atoms with Crippen LogP contribution in [0.15, 0.2) is 176 Å². The Balaban J connectivity index is 1.15. The molecule has 0 unspecified atom stereocenters. The van der Waals surface area contributed by atoms with E-state index in [4.69, 9.17) is 15.0 Å². The van der Waals surface area contributed by atoms with E-state index in [0.29, 0.717) is 5.82 Å². The Bertz CT molecular complexity index is 3160. The number of thiophene rings is 2. The van der Waals surface area contributed by atoms with Crippen molar-refractivity contribution in [3.8, 4) is 56.3 Å². The highest BCUT2D eigenvalue weighted by atomic mass is 32.1. The molecule has 0 aliphatic carbocycles. The molecule has 0 spiro atoms. The lowest BCUT2D eigenvalue weighted by Crippen LogP contribution is -1.96. The second kappa shape index (κ2) is 12.6. The predicted molar refractivity (Wildman–Crippen MR) is 230 cm³/mol. The predicted octanol–water partition coefficient (Wildman–Crippen LogP) is 14.1. The second-order valence-electron chi connectivity index (χ2n) is 13.5. The Hall–Kier alpha value is -6.53. The van der Waals surface area contributed by atoms with Gasteiger partial charge in [0.1, 0.15) is 0 Å². The molecule has 0 aliphatic rings. The van der Waals surface area contributed by atoms with E-state index < -0.39 is 0 Å². The van der Waals surface area contributed by atoms with Gasteiger partial charge in [0.25, 0.3) is 0 Å². The molecule has 11 rings (SSSR count). The molecule has 0 atom stereocenters. The summed E-state index contributed by atoms with van der Waals surface area (Å²) in [5.74, 6) is 0.703. The standard InChI is InChI=1S/C49H29N3S2/c1-3-14-30(15-4-1)39-29-40(52-49(51-39)31-16-5-2-6-17-31)32-18-11-19-33(28-32)47-48-46(37-21-8-10-26-42(37)54-48)45-35(22-12-24-38(45)50-47)34-23-13-27-43-44(34)36-20-7-9-25-41(36)53-43/h1-29H. The maximum absolute atomic E-state index is 5.53. The third kappa shape index (κ3) is 5.05. The topological polar surface area (TPSA) is 38.7 Å². The van der Waals surface area contributed by atoms with Crippen LogP contribution in [0.25, 0.3) is 108 Å². The highest BCUT2D eigenvalue weighted by Gasteiger charge is 2.21.